The van der Waals surface area contributed by atoms with Gasteiger partial charge in [-0.05, 0) is 85.3 Å². The molecular formula is C31H35BBrNO5. The van der Waals surface area contributed by atoms with Crippen molar-refractivity contribution in [1.82, 2.24) is 4.90 Å². The highest BCUT2D eigenvalue weighted by molar-refractivity contribution is 9.10. The molecule has 39 heavy (non-hydrogen) atoms. The molecule has 2 N–H and O–H groups in total. The fourth-order valence-corrected chi connectivity index (χ4v) is 7.06. The number of allylic oxidation sites excluding steroid dienone is 2. The first-order chi connectivity index (χ1) is 18.8. The van der Waals surface area contributed by atoms with Crippen molar-refractivity contribution in [3.63, 3.8) is 0 Å². The van der Waals surface area contributed by atoms with E-state index in [0.717, 1.165) is 34.0 Å². The molecular weight excluding hydrogens is 557 g/mol. The van der Waals surface area contributed by atoms with Gasteiger partial charge in [0.1, 0.15) is 5.75 Å². The van der Waals surface area contributed by atoms with E-state index in [2.05, 4.69) is 22.9 Å². The van der Waals surface area contributed by atoms with Crippen molar-refractivity contribution < 1.29 is 24.4 Å². The molecule has 2 aliphatic heterocycles. The minimum Gasteiger partial charge on any atom is -0.507 e. The molecule has 0 unspecified atom stereocenters. The van der Waals surface area contributed by atoms with Gasteiger partial charge in [0.2, 0.25) is 11.8 Å². The van der Waals surface area contributed by atoms with Gasteiger partial charge in [0.05, 0.1) is 17.9 Å². The predicted octanol–water partition coefficient (Wildman–Crippen LogP) is 6.09. The topological polar surface area (TPSA) is 87.1 Å². The maximum absolute atomic E-state index is 13.4. The van der Waals surface area contributed by atoms with Gasteiger partial charge in [0, 0.05) is 16.6 Å². The van der Waals surface area contributed by atoms with E-state index in [0.29, 0.717) is 37.7 Å². The van der Waals surface area contributed by atoms with Crippen molar-refractivity contribution >= 4 is 46.5 Å². The highest BCUT2D eigenvalue weighted by Crippen LogP contribution is 2.51. The molecule has 4 atom stereocenters. The number of rotatable bonds is 8. The summed E-state index contributed by atoms with van der Waals surface area (Å²) in [6.07, 6.45) is 5.35. The van der Waals surface area contributed by atoms with Crippen molar-refractivity contribution in [1.29, 1.82) is 0 Å². The second kappa shape index (κ2) is 11.8. The summed E-state index contributed by atoms with van der Waals surface area (Å²) in [5.74, 6) is -0.892. The summed E-state index contributed by atoms with van der Waals surface area (Å²) < 4.78 is 7.03. The van der Waals surface area contributed by atoms with Crippen LogP contribution < -0.4 is 0 Å². The monoisotopic (exact) mass is 591 g/mol. The maximum atomic E-state index is 13.4. The van der Waals surface area contributed by atoms with Gasteiger partial charge in [-0.15, -0.1) is 0 Å². The highest BCUT2D eigenvalue weighted by atomic mass is 79.9. The number of carbonyl (C=O) groups excluding carboxylic acids is 2. The van der Waals surface area contributed by atoms with Crippen LogP contribution in [0.5, 0.6) is 5.75 Å². The van der Waals surface area contributed by atoms with E-state index < -0.39 is 13.0 Å². The molecule has 0 spiro atoms. The number of phenolic OH excluding ortho intramolecular Hbond substituents is 1. The standard InChI is InChI=1S/C31H35BBrNO5/c1-3-14-34-30(36)24-17-19(4-2)28-25(29(24)31(34)37)18-32(38)39-27(28)13-10-21(20-8-6-5-7-9-20)15-22-16-23(33)11-12-26(22)35/h5-9,11-12,15-16,24-25,27,29,35,38H,3-4,10,13-14,17-18H2,1-2H3/b21-15-/t24-,25+,27-,29-/m1/s1. The number of halogens is 1. The lowest BCUT2D eigenvalue weighted by atomic mass is 9.58. The minimum absolute atomic E-state index is 0.0579. The Morgan fingerprint density at radius 3 is 2.62 bits per heavy atom. The quantitative estimate of drug-likeness (QED) is 0.168. The van der Waals surface area contributed by atoms with Crippen LogP contribution >= 0.6 is 15.9 Å². The van der Waals surface area contributed by atoms with E-state index in [1.165, 1.54) is 10.5 Å². The zero-order valence-corrected chi connectivity index (χ0v) is 24.1. The van der Waals surface area contributed by atoms with Crippen LogP contribution in [0.1, 0.15) is 57.1 Å². The van der Waals surface area contributed by atoms with Crippen LogP contribution in [-0.2, 0) is 14.2 Å². The van der Waals surface area contributed by atoms with Crippen LogP contribution in [0.15, 0.2) is 64.1 Å². The number of imide groups is 1. The fourth-order valence-electron chi connectivity index (χ4n) is 6.68. The molecule has 1 aliphatic carbocycles. The molecule has 0 saturated carbocycles. The smallest absolute Gasteiger partial charge is 0.455 e. The van der Waals surface area contributed by atoms with E-state index in [1.807, 2.05) is 49.4 Å². The van der Waals surface area contributed by atoms with Crippen molar-refractivity contribution in [2.45, 2.75) is 58.4 Å². The summed E-state index contributed by atoms with van der Waals surface area (Å²) >= 11 is 3.50. The van der Waals surface area contributed by atoms with E-state index >= 15 is 0 Å². The Labute approximate surface area is 239 Å². The van der Waals surface area contributed by atoms with Gasteiger partial charge in [-0.1, -0.05) is 65.7 Å². The number of benzene rings is 2. The first-order valence-corrected chi connectivity index (χ1v) is 14.8. The molecule has 2 fully saturated rings. The molecule has 2 aromatic carbocycles. The fraction of sp³-hybridized carbons (Fsp3) is 0.419. The number of hydrogen-bond donors (Lipinski definition) is 2. The Morgan fingerprint density at radius 1 is 1.13 bits per heavy atom. The first kappa shape index (κ1) is 27.9. The van der Waals surface area contributed by atoms with Crippen LogP contribution in [0.2, 0.25) is 6.32 Å². The third-order valence-electron chi connectivity index (χ3n) is 8.41. The summed E-state index contributed by atoms with van der Waals surface area (Å²) in [6, 6.07) is 15.4. The summed E-state index contributed by atoms with van der Waals surface area (Å²) in [5.41, 5.74) is 5.10. The van der Waals surface area contributed by atoms with Crippen molar-refractivity contribution in [3.8, 4) is 5.75 Å². The number of hydrogen-bond acceptors (Lipinski definition) is 5. The van der Waals surface area contributed by atoms with Crippen LogP contribution in [0.25, 0.3) is 11.6 Å². The maximum Gasteiger partial charge on any atom is 0.455 e. The Balaban J connectivity index is 1.47. The molecule has 6 nitrogen and oxygen atoms in total. The van der Waals surface area contributed by atoms with Crippen molar-refractivity contribution in [2.75, 3.05) is 6.54 Å². The normalized spacial score (nSPS) is 25.3. The molecule has 0 bridgehead atoms. The Kier molecular flexibility index (Phi) is 8.45. The van der Waals surface area contributed by atoms with E-state index in [4.69, 9.17) is 4.65 Å². The SMILES string of the molecule is CCCN1C(=O)[C@@H]2[C@@H](CC(CC)=C3[C@@H](CC/C(=C/c4cc(Br)ccc4O)c4ccccc4)OB(O)C[C@@H]32)C1=O. The van der Waals surface area contributed by atoms with Crippen molar-refractivity contribution in [2.24, 2.45) is 17.8 Å². The summed E-state index contributed by atoms with van der Waals surface area (Å²) in [6.45, 7) is 4.52. The number of amides is 2. The number of phenols is 1. The number of fused-ring (bicyclic) bond motifs is 3. The summed E-state index contributed by atoms with van der Waals surface area (Å²) in [4.78, 5) is 28.1. The molecule has 3 aliphatic rings. The zero-order valence-electron chi connectivity index (χ0n) is 22.5. The van der Waals surface area contributed by atoms with Gasteiger partial charge in [-0.25, -0.2) is 0 Å². The zero-order chi connectivity index (χ0) is 27.7. The van der Waals surface area contributed by atoms with Gasteiger partial charge >= 0.3 is 7.12 Å². The van der Waals surface area contributed by atoms with Gasteiger partial charge in [0.15, 0.2) is 0 Å². The van der Waals surface area contributed by atoms with E-state index in [-0.39, 0.29) is 35.5 Å². The Hall–Kier alpha value is -2.68. The lowest BCUT2D eigenvalue weighted by molar-refractivity contribution is -0.140. The van der Waals surface area contributed by atoms with E-state index in [9.17, 15) is 19.7 Å². The van der Waals surface area contributed by atoms with Gasteiger partial charge in [-0.3, -0.25) is 14.5 Å². The molecule has 8 heteroatoms. The highest BCUT2D eigenvalue weighted by Gasteiger charge is 2.56. The van der Waals surface area contributed by atoms with Crippen molar-refractivity contribution in [3.05, 3.63) is 75.3 Å². The number of nitrogens with zero attached hydrogens (tertiary/aromatic N) is 1. The first-order valence-electron chi connectivity index (χ1n) is 14.0. The molecule has 2 saturated heterocycles. The average Bonchev–Trinajstić information content (AvgIpc) is 3.17. The molecule has 2 amide bonds. The van der Waals surface area contributed by atoms with Gasteiger partial charge in [-0.2, -0.15) is 0 Å². The minimum atomic E-state index is -0.984. The van der Waals surface area contributed by atoms with Crippen LogP contribution in [0.3, 0.4) is 0 Å². The van der Waals surface area contributed by atoms with Gasteiger partial charge in [0.25, 0.3) is 0 Å². The second-order valence-electron chi connectivity index (χ2n) is 10.8. The molecule has 0 aromatic heterocycles. The van der Waals surface area contributed by atoms with Crippen LogP contribution in [-0.4, -0.2) is 46.6 Å². The molecule has 2 aromatic rings. The third-order valence-corrected chi connectivity index (χ3v) is 8.91. The average molecular weight is 592 g/mol. The number of carbonyl (C=O) groups is 2. The molecule has 0 radical (unpaired) electrons. The van der Waals surface area contributed by atoms with Crippen LogP contribution in [0, 0.1) is 17.8 Å². The lowest BCUT2D eigenvalue weighted by Gasteiger charge is -2.43. The van der Waals surface area contributed by atoms with E-state index in [1.54, 1.807) is 12.1 Å². The molecule has 2 heterocycles. The summed E-state index contributed by atoms with van der Waals surface area (Å²) in [5, 5.41) is 21.3. The number of aromatic hydroxyl groups is 1. The predicted molar refractivity (Wildman–Crippen MR) is 156 cm³/mol. The Morgan fingerprint density at radius 2 is 1.90 bits per heavy atom. The lowest BCUT2D eigenvalue weighted by Crippen LogP contribution is -2.46. The largest absolute Gasteiger partial charge is 0.507 e. The molecule has 204 valence electrons. The second-order valence-corrected chi connectivity index (χ2v) is 11.7. The molecule has 5 rings (SSSR count). The number of likely N-dealkylation sites (tertiary alicyclic amines) is 1. The Bertz CT molecular complexity index is 1310. The summed E-state index contributed by atoms with van der Waals surface area (Å²) in [7, 11) is -0.984. The van der Waals surface area contributed by atoms with Crippen LogP contribution in [0.4, 0.5) is 0 Å². The van der Waals surface area contributed by atoms with Gasteiger partial charge < -0.3 is 14.8 Å². The third kappa shape index (κ3) is 5.52.